The summed E-state index contributed by atoms with van der Waals surface area (Å²) in [5.74, 6) is -1.48. The Hall–Kier alpha value is -3.95. The Morgan fingerprint density at radius 3 is 2.53 bits per heavy atom. The molecule has 0 spiro atoms. The predicted octanol–water partition coefficient (Wildman–Crippen LogP) is 2.21. The highest BCUT2D eigenvalue weighted by Gasteiger charge is 2.18. The van der Waals surface area contributed by atoms with Gasteiger partial charge in [0.2, 0.25) is 0 Å². The number of rotatable bonds is 9. The van der Waals surface area contributed by atoms with E-state index >= 15 is 0 Å². The molecule has 0 aliphatic rings. The Bertz CT molecular complexity index is 959. The van der Waals surface area contributed by atoms with Gasteiger partial charge >= 0.3 is 5.97 Å². The molecule has 0 saturated heterocycles. The largest absolute Gasteiger partial charge is 0.496 e. The fraction of sp³-hybridized carbons (Fsp3) is 0.250. The van der Waals surface area contributed by atoms with Crippen LogP contribution in [0.25, 0.3) is 0 Å². The molecular formula is C20H21N3O7. The minimum Gasteiger partial charge on any atom is -0.496 e. The normalized spacial score (nSPS) is 10.1. The van der Waals surface area contributed by atoms with Gasteiger partial charge in [0.25, 0.3) is 17.5 Å². The molecule has 158 valence electrons. The Balaban J connectivity index is 1.78. The lowest BCUT2D eigenvalue weighted by Crippen LogP contribution is -2.28. The van der Waals surface area contributed by atoms with E-state index in [1.165, 1.54) is 25.3 Å². The highest BCUT2D eigenvalue weighted by atomic mass is 16.6. The standard InChI is InChI=1S/C20H21N3O7/c1-13-5-3-4-6-15(13)20(26)21-10-9-19(25)30-12-18(24)22-16-8-7-14(29-2)11-17(16)23(27)28/h3-8,11H,9-10,12H2,1-2H3,(H,21,26)(H,22,24). The molecule has 0 radical (unpaired) electrons. The molecule has 2 amide bonds. The first kappa shape index (κ1) is 22.3. The maximum atomic E-state index is 12.1. The molecule has 0 heterocycles. The number of anilines is 1. The van der Waals surface area contributed by atoms with Gasteiger partial charge < -0.3 is 20.1 Å². The molecular weight excluding hydrogens is 394 g/mol. The molecule has 2 aromatic carbocycles. The molecule has 2 N–H and O–H groups in total. The molecule has 0 aliphatic heterocycles. The van der Waals surface area contributed by atoms with Crippen molar-refractivity contribution in [1.82, 2.24) is 5.32 Å². The van der Waals surface area contributed by atoms with Gasteiger partial charge in [-0.25, -0.2) is 0 Å². The number of nitrogens with zero attached hydrogens (tertiary/aromatic N) is 1. The van der Waals surface area contributed by atoms with Crippen LogP contribution in [0.1, 0.15) is 22.3 Å². The second-order valence-electron chi connectivity index (χ2n) is 6.17. The number of carbonyl (C=O) groups is 3. The van der Waals surface area contributed by atoms with E-state index in [0.717, 1.165) is 5.56 Å². The number of hydrogen-bond acceptors (Lipinski definition) is 7. The van der Waals surface area contributed by atoms with Crippen molar-refractivity contribution in [2.24, 2.45) is 0 Å². The molecule has 2 aromatic rings. The average Bonchev–Trinajstić information content (AvgIpc) is 2.72. The summed E-state index contributed by atoms with van der Waals surface area (Å²) in [6, 6.07) is 11.0. The second kappa shape index (κ2) is 10.6. The maximum absolute atomic E-state index is 12.1. The third-order valence-corrected chi connectivity index (χ3v) is 4.04. The summed E-state index contributed by atoms with van der Waals surface area (Å²) in [6.07, 6.45) is -0.131. The number of methoxy groups -OCH3 is 1. The van der Waals surface area contributed by atoms with Gasteiger partial charge in [-0.1, -0.05) is 18.2 Å². The number of nitro groups is 1. The minimum absolute atomic E-state index is 0.0393. The molecule has 0 atom stereocenters. The van der Waals surface area contributed by atoms with Crippen molar-refractivity contribution in [3.05, 3.63) is 63.7 Å². The number of aryl methyl sites for hydroxylation is 1. The van der Waals surface area contributed by atoms with Gasteiger partial charge in [0.05, 0.1) is 24.5 Å². The number of nitrogens with one attached hydrogen (secondary N) is 2. The molecule has 0 saturated carbocycles. The van der Waals surface area contributed by atoms with E-state index in [2.05, 4.69) is 10.6 Å². The third-order valence-electron chi connectivity index (χ3n) is 4.04. The van der Waals surface area contributed by atoms with Gasteiger partial charge in [0.1, 0.15) is 11.4 Å². The zero-order valence-corrected chi connectivity index (χ0v) is 16.5. The number of esters is 1. The first-order chi connectivity index (χ1) is 14.3. The van der Waals surface area contributed by atoms with E-state index in [1.54, 1.807) is 25.1 Å². The summed E-state index contributed by atoms with van der Waals surface area (Å²) in [6.45, 7) is 1.22. The average molecular weight is 415 g/mol. The highest BCUT2D eigenvalue weighted by molar-refractivity contribution is 5.96. The summed E-state index contributed by atoms with van der Waals surface area (Å²) in [5, 5.41) is 16.0. The van der Waals surface area contributed by atoms with Crippen LogP contribution in [-0.2, 0) is 14.3 Å². The first-order valence-corrected chi connectivity index (χ1v) is 8.93. The van der Waals surface area contributed by atoms with E-state index in [-0.39, 0.29) is 36.0 Å². The summed E-state index contributed by atoms with van der Waals surface area (Å²) in [7, 11) is 1.36. The smallest absolute Gasteiger partial charge is 0.308 e. The van der Waals surface area contributed by atoms with Crippen molar-refractivity contribution in [2.75, 3.05) is 25.6 Å². The zero-order chi connectivity index (χ0) is 22.1. The van der Waals surface area contributed by atoms with Crippen LogP contribution < -0.4 is 15.4 Å². The van der Waals surface area contributed by atoms with Crippen molar-refractivity contribution in [2.45, 2.75) is 13.3 Å². The molecule has 30 heavy (non-hydrogen) atoms. The van der Waals surface area contributed by atoms with Gasteiger partial charge in [-0.15, -0.1) is 0 Å². The van der Waals surface area contributed by atoms with E-state index in [4.69, 9.17) is 9.47 Å². The summed E-state index contributed by atoms with van der Waals surface area (Å²) < 4.78 is 9.75. The predicted molar refractivity (Wildman–Crippen MR) is 107 cm³/mol. The lowest BCUT2D eigenvalue weighted by molar-refractivity contribution is -0.384. The van der Waals surface area contributed by atoms with Crippen LogP contribution in [0.4, 0.5) is 11.4 Å². The van der Waals surface area contributed by atoms with E-state index in [9.17, 15) is 24.5 Å². The van der Waals surface area contributed by atoms with Crippen LogP contribution in [0.5, 0.6) is 5.75 Å². The summed E-state index contributed by atoms with van der Waals surface area (Å²) in [4.78, 5) is 46.2. The van der Waals surface area contributed by atoms with Gasteiger partial charge in [-0.2, -0.15) is 0 Å². The SMILES string of the molecule is COc1ccc(NC(=O)COC(=O)CCNC(=O)c2ccccc2C)c([N+](=O)[O-])c1. The van der Waals surface area contributed by atoms with Crippen LogP contribution in [0.15, 0.2) is 42.5 Å². The van der Waals surface area contributed by atoms with Crippen LogP contribution in [-0.4, -0.2) is 43.0 Å². The molecule has 0 aromatic heterocycles. The number of ether oxygens (including phenoxy) is 2. The van der Waals surface area contributed by atoms with Crippen molar-refractivity contribution >= 4 is 29.2 Å². The topological polar surface area (TPSA) is 137 Å². The molecule has 10 heteroatoms. The van der Waals surface area contributed by atoms with Crippen LogP contribution in [0.3, 0.4) is 0 Å². The highest BCUT2D eigenvalue weighted by Crippen LogP contribution is 2.28. The van der Waals surface area contributed by atoms with Crippen LogP contribution in [0, 0.1) is 17.0 Å². The Labute approximate surface area is 172 Å². The number of nitro benzene ring substituents is 1. The van der Waals surface area contributed by atoms with Crippen LogP contribution in [0.2, 0.25) is 0 Å². The zero-order valence-electron chi connectivity index (χ0n) is 16.5. The maximum Gasteiger partial charge on any atom is 0.308 e. The first-order valence-electron chi connectivity index (χ1n) is 8.93. The fourth-order valence-corrected chi connectivity index (χ4v) is 2.50. The number of amides is 2. The molecule has 2 rings (SSSR count). The lowest BCUT2D eigenvalue weighted by Gasteiger charge is -2.09. The molecule has 10 nitrogen and oxygen atoms in total. The van der Waals surface area contributed by atoms with E-state index in [0.29, 0.717) is 5.56 Å². The van der Waals surface area contributed by atoms with Crippen molar-refractivity contribution in [1.29, 1.82) is 0 Å². The quantitative estimate of drug-likeness (QED) is 0.364. The number of hydrogen-bond donors (Lipinski definition) is 2. The third kappa shape index (κ3) is 6.30. The Kier molecular flexibility index (Phi) is 7.86. The van der Waals surface area contributed by atoms with Crippen LogP contribution >= 0.6 is 0 Å². The minimum atomic E-state index is -0.736. The van der Waals surface area contributed by atoms with Gasteiger partial charge in [-0.3, -0.25) is 24.5 Å². The van der Waals surface area contributed by atoms with E-state index in [1.807, 2.05) is 6.07 Å². The lowest BCUT2D eigenvalue weighted by atomic mass is 10.1. The molecule has 0 bridgehead atoms. The Morgan fingerprint density at radius 2 is 1.87 bits per heavy atom. The monoisotopic (exact) mass is 415 g/mol. The fourth-order valence-electron chi connectivity index (χ4n) is 2.50. The Morgan fingerprint density at radius 1 is 1.13 bits per heavy atom. The van der Waals surface area contributed by atoms with Crippen molar-refractivity contribution in [3.8, 4) is 5.75 Å². The summed E-state index contributed by atoms with van der Waals surface area (Å²) in [5.41, 5.74) is 0.911. The van der Waals surface area contributed by atoms with Gasteiger partial charge in [0, 0.05) is 12.1 Å². The molecule has 0 aliphatic carbocycles. The summed E-state index contributed by atoms with van der Waals surface area (Å²) >= 11 is 0. The second-order valence-corrected chi connectivity index (χ2v) is 6.17. The molecule has 0 unspecified atom stereocenters. The number of benzene rings is 2. The van der Waals surface area contributed by atoms with Gasteiger partial charge in [0.15, 0.2) is 6.61 Å². The number of carbonyl (C=O) groups excluding carboxylic acids is 3. The molecule has 0 fully saturated rings. The van der Waals surface area contributed by atoms with Gasteiger partial charge in [-0.05, 0) is 30.7 Å². The van der Waals surface area contributed by atoms with E-state index < -0.39 is 23.4 Å². The van der Waals surface area contributed by atoms with Crippen molar-refractivity contribution < 1.29 is 28.8 Å². The van der Waals surface area contributed by atoms with Crippen molar-refractivity contribution in [3.63, 3.8) is 0 Å².